The molecule has 0 aromatic rings. The molecular weight excluding hydrogens is 470 g/mol. The van der Waals surface area contributed by atoms with Crippen LogP contribution in [-0.2, 0) is 23.7 Å². The van der Waals surface area contributed by atoms with Crippen molar-refractivity contribution >= 4 is 12.1 Å². The first-order valence-electron chi connectivity index (χ1n) is 14.8. The van der Waals surface area contributed by atoms with E-state index in [1.165, 1.54) is 70.6 Å². The molecule has 0 radical (unpaired) electrons. The van der Waals surface area contributed by atoms with Gasteiger partial charge in [-0.05, 0) is 58.3 Å². The summed E-state index contributed by atoms with van der Waals surface area (Å²) in [6, 6.07) is 0. The van der Waals surface area contributed by atoms with Gasteiger partial charge in [0, 0.05) is 20.1 Å². The van der Waals surface area contributed by atoms with E-state index in [9.17, 15) is 9.59 Å². The normalized spacial score (nSPS) is 12.2. The lowest BCUT2D eigenvalue weighted by Crippen LogP contribution is -2.29. The van der Waals surface area contributed by atoms with Gasteiger partial charge in [0.2, 0.25) is 0 Å². The van der Waals surface area contributed by atoms with Gasteiger partial charge >= 0.3 is 12.1 Å². The second kappa shape index (κ2) is 27.4. The number of allylic oxidation sites excluding steroid dienone is 2. The number of unbranched alkanes of at least 4 members (excludes halogenated alkanes) is 11. The summed E-state index contributed by atoms with van der Waals surface area (Å²) in [6.45, 7) is 8.40. The number of carbonyl (C=O) groups is 2. The molecule has 1 unspecified atom stereocenters. The summed E-state index contributed by atoms with van der Waals surface area (Å²) in [5.74, 6) is 0.329. The number of rotatable bonds is 26. The highest BCUT2D eigenvalue weighted by Gasteiger charge is 2.07. The zero-order valence-corrected chi connectivity index (χ0v) is 24.4. The molecule has 0 aliphatic heterocycles. The van der Waals surface area contributed by atoms with E-state index in [0.29, 0.717) is 45.3 Å². The van der Waals surface area contributed by atoms with E-state index in [4.69, 9.17) is 18.9 Å². The molecule has 218 valence electrons. The molecule has 0 rings (SSSR count). The van der Waals surface area contributed by atoms with Gasteiger partial charge < -0.3 is 24.3 Å². The van der Waals surface area contributed by atoms with Crippen LogP contribution in [0.5, 0.6) is 0 Å². The number of amides is 1. The van der Waals surface area contributed by atoms with Crippen LogP contribution in [0.15, 0.2) is 12.2 Å². The lowest BCUT2D eigenvalue weighted by molar-refractivity contribution is -0.147. The van der Waals surface area contributed by atoms with Crippen molar-refractivity contribution in [2.45, 2.75) is 123 Å². The molecule has 0 aromatic heterocycles. The Hall–Kier alpha value is -1.60. The Labute approximate surface area is 227 Å². The smallest absolute Gasteiger partial charge is 0.407 e. The van der Waals surface area contributed by atoms with Crippen molar-refractivity contribution in [3.05, 3.63) is 12.2 Å². The van der Waals surface area contributed by atoms with Gasteiger partial charge in [0.15, 0.2) is 0 Å². The summed E-state index contributed by atoms with van der Waals surface area (Å²) >= 11 is 0. The number of nitrogens with one attached hydrogen (secondary N) is 1. The summed E-state index contributed by atoms with van der Waals surface area (Å²) in [6.07, 6.45) is 21.7. The van der Waals surface area contributed by atoms with Crippen LogP contribution in [0.3, 0.4) is 0 Å². The van der Waals surface area contributed by atoms with Crippen molar-refractivity contribution in [3.63, 3.8) is 0 Å². The minimum atomic E-state index is -0.367. The predicted octanol–water partition coefficient (Wildman–Crippen LogP) is 7.37. The molecule has 0 fully saturated rings. The molecule has 0 aliphatic rings. The van der Waals surface area contributed by atoms with Crippen LogP contribution in [0, 0.1) is 5.92 Å². The standard InChI is InChI=1S/C30H57NO6/c1-27(2)37-29(32)21-19-17-15-13-11-9-7-5-6-8-10-12-14-16-18-20-28(3)26-36-30(33)31-22-23-35-25-24-34-4/h5,7,27-28H,6,8-26H2,1-4H3,(H,31,33)/b7-5-. The Balaban J connectivity index is 3.34. The van der Waals surface area contributed by atoms with Crippen LogP contribution in [0.1, 0.15) is 117 Å². The van der Waals surface area contributed by atoms with Crippen molar-refractivity contribution in [3.8, 4) is 0 Å². The van der Waals surface area contributed by atoms with Crippen LogP contribution in [0.25, 0.3) is 0 Å². The summed E-state index contributed by atoms with van der Waals surface area (Å²) in [7, 11) is 1.63. The molecule has 1 amide bonds. The molecule has 7 heteroatoms. The molecule has 0 saturated carbocycles. The first-order chi connectivity index (χ1) is 18.0. The van der Waals surface area contributed by atoms with Crippen molar-refractivity contribution < 1.29 is 28.5 Å². The maximum atomic E-state index is 11.7. The lowest BCUT2D eigenvalue weighted by atomic mass is 10.0. The summed E-state index contributed by atoms with van der Waals surface area (Å²) in [4.78, 5) is 23.1. The Morgan fingerprint density at radius 2 is 1.35 bits per heavy atom. The van der Waals surface area contributed by atoms with Gasteiger partial charge in [-0.15, -0.1) is 0 Å². The molecular formula is C30H57NO6. The molecule has 0 saturated heterocycles. The van der Waals surface area contributed by atoms with Gasteiger partial charge in [-0.25, -0.2) is 4.79 Å². The highest BCUT2D eigenvalue weighted by Crippen LogP contribution is 2.14. The average Bonchev–Trinajstić information content (AvgIpc) is 2.86. The fraction of sp³-hybridized carbons (Fsp3) is 0.867. The SMILES string of the molecule is COCCOCCNC(=O)OCC(C)CCCCCCCC/C=C\CCCCCCCC(=O)OC(C)C. The Morgan fingerprint density at radius 3 is 1.97 bits per heavy atom. The van der Waals surface area contributed by atoms with Crippen LogP contribution in [-0.4, -0.2) is 58.2 Å². The monoisotopic (exact) mass is 527 g/mol. The lowest BCUT2D eigenvalue weighted by Gasteiger charge is -2.12. The van der Waals surface area contributed by atoms with Crippen LogP contribution in [0.2, 0.25) is 0 Å². The van der Waals surface area contributed by atoms with Crippen LogP contribution in [0.4, 0.5) is 4.79 Å². The van der Waals surface area contributed by atoms with Gasteiger partial charge in [0.25, 0.3) is 0 Å². The number of hydrogen-bond acceptors (Lipinski definition) is 6. The zero-order valence-electron chi connectivity index (χ0n) is 24.4. The summed E-state index contributed by atoms with van der Waals surface area (Å²) in [5.41, 5.74) is 0. The third kappa shape index (κ3) is 28.8. The molecule has 7 nitrogen and oxygen atoms in total. The first kappa shape index (κ1) is 35.4. The highest BCUT2D eigenvalue weighted by atomic mass is 16.6. The van der Waals surface area contributed by atoms with Gasteiger partial charge in [0.05, 0.1) is 32.5 Å². The fourth-order valence-corrected chi connectivity index (χ4v) is 3.90. The third-order valence-electron chi connectivity index (χ3n) is 6.05. The minimum Gasteiger partial charge on any atom is -0.463 e. The maximum absolute atomic E-state index is 11.7. The second-order valence-electron chi connectivity index (χ2n) is 10.3. The fourth-order valence-electron chi connectivity index (χ4n) is 3.90. The van der Waals surface area contributed by atoms with Crippen molar-refractivity contribution in [2.75, 3.05) is 40.1 Å². The van der Waals surface area contributed by atoms with Gasteiger partial charge in [-0.1, -0.05) is 70.4 Å². The number of methoxy groups -OCH3 is 1. The van der Waals surface area contributed by atoms with Crippen molar-refractivity contribution in [2.24, 2.45) is 5.92 Å². The van der Waals surface area contributed by atoms with E-state index in [0.717, 1.165) is 19.3 Å². The largest absolute Gasteiger partial charge is 0.463 e. The van der Waals surface area contributed by atoms with E-state index in [1.807, 2.05) is 13.8 Å². The zero-order chi connectivity index (χ0) is 27.4. The molecule has 37 heavy (non-hydrogen) atoms. The first-order valence-corrected chi connectivity index (χ1v) is 14.8. The Kier molecular flexibility index (Phi) is 26.2. The van der Waals surface area contributed by atoms with Gasteiger partial charge in [-0.2, -0.15) is 0 Å². The van der Waals surface area contributed by atoms with Crippen LogP contribution >= 0.6 is 0 Å². The van der Waals surface area contributed by atoms with E-state index < -0.39 is 0 Å². The minimum absolute atomic E-state index is 0.00351. The molecule has 0 bridgehead atoms. The predicted molar refractivity (Wildman–Crippen MR) is 151 cm³/mol. The second-order valence-corrected chi connectivity index (χ2v) is 10.3. The van der Waals surface area contributed by atoms with E-state index in [1.54, 1.807) is 7.11 Å². The molecule has 0 spiro atoms. The topological polar surface area (TPSA) is 83.1 Å². The molecule has 0 aromatic carbocycles. The van der Waals surface area contributed by atoms with E-state index in [-0.39, 0.29) is 18.2 Å². The Bertz CT molecular complexity index is 552. The van der Waals surface area contributed by atoms with E-state index in [2.05, 4.69) is 24.4 Å². The summed E-state index contributed by atoms with van der Waals surface area (Å²) < 4.78 is 20.6. The molecule has 1 atom stereocenters. The third-order valence-corrected chi connectivity index (χ3v) is 6.05. The average molecular weight is 528 g/mol. The van der Waals surface area contributed by atoms with Crippen molar-refractivity contribution in [1.82, 2.24) is 5.32 Å². The summed E-state index contributed by atoms with van der Waals surface area (Å²) in [5, 5.41) is 2.70. The number of hydrogen-bond donors (Lipinski definition) is 1. The highest BCUT2D eigenvalue weighted by molar-refractivity contribution is 5.69. The number of esters is 1. The Morgan fingerprint density at radius 1 is 0.757 bits per heavy atom. The molecule has 0 aliphatic carbocycles. The maximum Gasteiger partial charge on any atom is 0.407 e. The number of carbonyl (C=O) groups excluding carboxylic acids is 2. The van der Waals surface area contributed by atoms with Gasteiger partial charge in [0.1, 0.15) is 0 Å². The number of ether oxygens (including phenoxy) is 4. The molecule has 1 N–H and O–H groups in total. The van der Waals surface area contributed by atoms with E-state index >= 15 is 0 Å². The van der Waals surface area contributed by atoms with Crippen LogP contribution < -0.4 is 5.32 Å². The number of alkyl carbamates (subject to hydrolysis) is 1. The van der Waals surface area contributed by atoms with Gasteiger partial charge in [-0.3, -0.25) is 4.79 Å². The quantitative estimate of drug-likeness (QED) is 0.0718. The molecule has 0 heterocycles. The van der Waals surface area contributed by atoms with Crippen molar-refractivity contribution in [1.29, 1.82) is 0 Å².